The predicted molar refractivity (Wildman–Crippen MR) is 95.1 cm³/mol. The number of carbonyl (C=O) groups excluding carboxylic acids is 2. The smallest absolute Gasteiger partial charge is 0.237 e. The Labute approximate surface area is 151 Å². The number of amides is 2. The van der Waals surface area contributed by atoms with Gasteiger partial charge >= 0.3 is 0 Å². The van der Waals surface area contributed by atoms with Crippen LogP contribution in [0, 0.1) is 0 Å². The molecule has 0 saturated heterocycles. The largest absolute Gasteiger partial charge is 0.508 e. The Bertz CT molecular complexity index is 867. The number of aromatic hydroxyl groups is 1. The zero-order valence-corrected chi connectivity index (χ0v) is 15.2. The lowest BCUT2D eigenvalue weighted by atomic mass is 10.1. The molecule has 142 valence electrons. The summed E-state index contributed by atoms with van der Waals surface area (Å²) in [6.07, 6.45) is -1.26. The molecule has 1 aromatic rings. The minimum absolute atomic E-state index is 0.173. The van der Waals surface area contributed by atoms with Crippen LogP contribution in [0.25, 0.3) is 0 Å². The Hall–Kier alpha value is -2.66. The monoisotopic (exact) mass is 402 g/mol. The van der Waals surface area contributed by atoms with Crippen molar-refractivity contribution in [3.8, 4) is 5.75 Å². The number of sulfone groups is 2. The number of nitrogens with one attached hydrogen (secondary N) is 2. The van der Waals surface area contributed by atoms with Crippen molar-refractivity contribution in [2.75, 3.05) is 11.5 Å². The van der Waals surface area contributed by atoms with Crippen molar-refractivity contribution in [3.63, 3.8) is 0 Å². The molecule has 0 unspecified atom stereocenters. The van der Waals surface area contributed by atoms with Crippen LogP contribution in [0.15, 0.2) is 48.2 Å². The Morgan fingerprint density at radius 1 is 1.00 bits per heavy atom. The van der Waals surface area contributed by atoms with Gasteiger partial charge in [-0.3, -0.25) is 9.59 Å². The molecular weight excluding hydrogens is 384 g/mol. The highest BCUT2D eigenvalue weighted by Gasteiger charge is 2.22. The lowest BCUT2D eigenvalue weighted by Gasteiger charge is -2.20. The van der Waals surface area contributed by atoms with E-state index in [1.165, 1.54) is 24.3 Å². The van der Waals surface area contributed by atoms with E-state index >= 15 is 0 Å². The van der Waals surface area contributed by atoms with Crippen LogP contribution in [0.4, 0.5) is 0 Å². The zero-order valence-electron chi connectivity index (χ0n) is 13.6. The van der Waals surface area contributed by atoms with E-state index in [2.05, 4.69) is 23.8 Å². The third kappa shape index (κ3) is 7.07. The molecule has 0 radical (unpaired) electrons. The van der Waals surface area contributed by atoms with Gasteiger partial charge < -0.3 is 15.7 Å². The van der Waals surface area contributed by atoms with Crippen LogP contribution in [0.3, 0.4) is 0 Å². The van der Waals surface area contributed by atoms with Crippen LogP contribution < -0.4 is 10.6 Å². The molecule has 0 aliphatic rings. The summed E-state index contributed by atoms with van der Waals surface area (Å²) in [7, 11) is -7.67. The molecule has 0 heterocycles. The molecule has 26 heavy (non-hydrogen) atoms. The summed E-state index contributed by atoms with van der Waals surface area (Å²) in [5.74, 6) is -3.90. The standard InChI is InChI=1S/C15H18N2O7S2/c1-3-25(21,22)9-13(19)16-15(11-6-5-7-12(18)8-11)17-14(20)10-26(23,24)4-2/h3-8,15,18H,1-2,9-10H2,(H,16,19)(H,17,20). The SMILES string of the molecule is C=CS(=O)(=O)CC(=O)NC(NC(=O)CS(=O)(=O)C=C)c1cccc(O)c1. The second kappa shape index (κ2) is 8.63. The van der Waals surface area contributed by atoms with Crippen molar-refractivity contribution < 1.29 is 31.5 Å². The highest BCUT2D eigenvalue weighted by molar-refractivity contribution is 7.95. The Morgan fingerprint density at radius 2 is 1.46 bits per heavy atom. The molecule has 0 atom stereocenters. The van der Waals surface area contributed by atoms with Crippen molar-refractivity contribution in [1.29, 1.82) is 0 Å². The van der Waals surface area contributed by atoms with Gasteiger partial charge in [-0.25, -0.2) is 16.8 Å². The molecule has 2 amide bonds. The molecule has 0 bridgehead atoms. The number of benzene rings is 1. The number of rotatable bonds is 9. The number of phenols is 1. The first kappa shape index (κ1) is 21.4. The minimum atomic E-state index is -3.84. The second-order valence-corrected chi connectivity index (χ2v) is 9.01. The number of hydrogen-bond acceptors (Lipinski definition) is 7. The van der Waals surface area contributed by atoms with Gasteiger partial charge in [0.15, 0.2) is 19.7 Å². The van der Waals surface area contributed by atoms with Crippen LogP contribution in [0.1, 0.15) is 11.7 Å². The van der Waals surface area contributed by atoms with Gasteiger partial charge in [0.25, 0.3) is 0 Å². The predicted octanol–water partition coefficient (Wildman–Crippen LogP) is -0.260. The first-order valence-electron chi connectivity index (χ1n) is 7.06. The molecule has 3 N–H and O–H groups in total. The maximum atomic E-state index is 11.9. The average molecular weight is 402 g/mol. The van der Waals surface area contributed by atoms with Gasteiger partial charge in [-0.05, 0) is 17.7 Å². The molecule has 9 nitrogen and oxygen atoms in total. The van der Waals surface area contributed by atoms with Crippen molar-refractivity contribution in [2.24, 2.45) is 0 Å². The molecule has 0 fully saturated rings. The summed E-state index contributed by atoms with van der Waals surface area (Å²) >= 11 is 0. The topological polar surface area (TPSA) is 147 Å². The summed E-state index contributed by atoms with van der Waals surface area (Å²) in [5, 5.41) is 15.3. The molecule has 0 saturated carbocycles. The van der Waals surface area contributed by atoms with E-state index in [1.54, 1.807) is 0 Å². The Kier molecular flexibility index (Phi) is 7.10. The highest BCUT2D eigenvalue weighted by Crippen LogP contribution is 2.17. The first-order chi connectivity index (χ1) is 12.0. The van der Waals surface area contributed by atoms with Gasteiger partial charge in [0, 0.05) is 10.8 Å². The number of carbonyl (C=O) groups is 2. The zero-order chi connectivity index (χ0) is 20.0. The van der Waals surface area contributed by atoms with E-state index in [1.807, 2.05) is 0 Å². The number of phenolic OH excluding ortho intramolecular Hbond substituents is 1. The van der Waals surface area contributed by atoms with E-state index in [0.29, 0.717) is 10.8 Å². The maximum Gasteiger partial charge on any atom is 0.237 e. The molecule has 0 aromatic heterocycles. The van der Waals surface area contributed by atoms with Gasteiger partial charge in [0.05, 0.1) is 0 Å². The van der Waals surface area contributed by atoms with Gasteiger partial charge in [-0.1, -0.05) is 25.3 Å². The lowest BCUT2D eigenvalue weighted by Crippen LogP contribution is -2.44. The van der Waals surface area contributed by atoms with Crippen molar-refractivity contribution in [3.05, 3.63) is 53.8 Å². The fraction of sp³-hybridized carbons (Fsp3) is 0.200. The van der Waals surface area contributed by atoms with Gasteiger partial charge in [-0.2, -0.15) is 0 Å². The van der Waals surface area contributed by atoms with Gasteiger partial charge in [-0.15, -0.1) is 0 Å². The molecular formula is C15H18N2O7S2. The number of hydrogen-bond donors (Lipinski definition) is 3. The van der Waals surface area contributed by atoms with Crippen LogP contribution >= 0.6 is 0 Å². The summed E-state index contributed by atoms with van der Waals surface area (Å²) in [4.78, 5) is 23.8. The third-order valence-electron chi connectivity index (χ3n) is 2.99. The second-order valence-electron chi connectivity index (χ2n) is 5.11. The van der Waals surface area contributed by atoms with Crippen LogP contribution in [-0.2, 0) is 29.3 Å². The van der Waals surface area contributed by atoms with Gasteiger partial charge in [0.1, 0.15) is 23.4 Å². The van der Waals surface area contributed by atoms with E-state index in [0.717, 1.165) is 0 Å². The van der Waals surface area contributed by atoms with Crippen LogP contribution in [0.2, 0.25) is 0 Å². The van der Waals surface area contributed by atoms with E-state index in [-0.39, 0.29) is 11.3 Å². The Balaban J connectivity index is 3.03. The molecule has 0 aliphatic heterocycles. The normalized spacial score (nSPS) is 11.6. The summed E-state index contributed by atoms with van der Waals surface area (Å²) in [6.45, 7) is 6.17. The molecule has 1 rings (SSSR count). The molecule has 0 spiro atoms. The fourth-order valence-corrected chi connectivity index (χ4v) is 2.93. The van der Waals surface area contributed by atoms with E-state index in [9.17, 15) is 31.5 Å². The van der Waals surface area contributed by atoms with E-state index in [4.69, 9.17) is 0 Å². The summed E-state index contributed by atoms with van der Waals surface area (Å²) in [5.41, 5.74) is 0.207. The van der Waals surface area contributed by atoms with Gasteiger partial charge in [0.2, 0.25) is 11.8 Å². The summed E-state index contributed by atoms with van der Waals surface area (Å²) in [6, 6.07) is 5.43. The molecule has 11 heteroatoms. The minimum Gasteiger partial charge on any atom is -0.508 e. The van der Waals surface area contributed by atoms with Crippen molar-refractivity contribution in [1.82, 2.24) is 10.6 Å². The summed E-state index contributed by atoms with van der Waals surface area (Å²) < 4.78 is 45.7. The van der Waals surface area contributed by atoms with E-state index < -0.39 is 49.2 Å². The lowest BCUT2D eigenvalue weighted by molar-refractivity contribution is -0.121. The molecule has 0 aliphatic carbocycles. The fourth-order valence-electron chi connectivity index (χ4n) is 1.80. The van der Waals surface area contributed by atoms with Crippen LogP contribution in [0.5, 0.6) is 5.75 Å². The highest BCUT2D eigenvalue weighted by atomic mass is 32.2. The quantitative estimate of drug-likeness (QED) is 0.482. The maximum absolute atomic E-state index is 11.9. The average Bonchev–Trinajstić information content (AvgIpc) is 2.53. The van der Waals surface area contributed by atoms with Crippen LogP contribution in [-0.4, -0.2) is 45.3 Å². The first-order valence-corrected chi connectivity index (χ1v) is 10.5. The van der Waals surface area contributed by atoms with Crippen molar-refractivity contribution in [2.45, 2.75) is 6.17 Å². The van der Waals surface area contributed by atoms with Crippen molar-refractivity contribution >= 4 is 31.5 Å². The third-order valence-corrected chi connectivity index (χ3v) is 5.33. The molecule has 1 aromatic carbocycles. The Morgan fingerprint density at radius 3 is 1.85 bits per heavy atom.